The van der Waals surface area contributed by atoms with Crippen molar-refractivity contribution in [3.05, 3.63) is 127 Å². The highest BCUT2D eigenvalue weighted by atomic mass is 127. The molecule has 2 amide bonds. The molecule has 0 unspecified atom stereocenters. The molecule has 304 valence electrons. The van der Waals surface area contributed by atoms with Crippen LogP contribution in [0.25, 0.3) is 0 Å². The minimum Gasteiger partial charge on any atom is -1.00 e. The van der Waals surface area contributed by atoms with Crippen LogP contribution in [0.1, 0.15) is 57.5 Å². The zero-order valence-electron chi connectivity index (χ0n) is 32.1. The van der Waals surface area contributed by atoms with Crippen LogP contribution in [-0.4, -0.2) is 87.5 Å². The molecule has 2 heterocycles. The van der Waals surface area contributed by atoms with Crippen molar-refractivity contribution < 1.29 is 40.4 Å². The maximum Gasteiger partial charge on any atom is 0.255 e. The van der Waals surface area contributed by atoms with Crippen molar-refractivity contribution in [3.63, 3.8) is 0 Å². The molecule has 0 atom stereocenters. The molecular weight excluding hydrogens is 929 g/mol. The molecule has 0 radical (unpaired) electrons. The highest BCUT2D eigenvalue weighted by Crippen LogP contribution is 2.27. The first kappa shape index (κ1) is 48.2. The third-order valence-corrected chi connectivity index (χ3v) is 11.8. The Labute approximate surface area is 374 Å². The Balaban J connectivity index is 0.000000290. The van der Waals surface area contributed by atoms with Crippen LogP contribution in [0.2, 0.25) is 20.1 Å². The molecule has 0 aromatic heterocycles. The minimum atomic E-state index is -0.209. The van der Waals surface area contributed by atoms with Crippen LogP contribution in [0.15, 0.2) is 84.9 Å². The lowest BCUT2D eigenvalue weighted by Gasteiger charge is -2.40. The van der Waals surface area contributed by atoms with Gasteiger partial charge in [-0.25, -0.2) is 0 Å². The van der Waals surface area contributed by atoms with Crippen LogP contribution in [0.4, 0.5) is 11.4 Å². The van der Waals surface area contributed by atoms with Gasteiger partial charge < -0.3 is 41.5 Å². The molecular formula is C42H51Cl5IN4O4+. The zero-order chi connectivity index (χ0) is 38.9. The summed E-state index contributed by atoms with van der Waals surface area (Å²) in [6.45, 7) is 5.31. The highest BCUT2D eigenvalue weighted by Gasteiger charge is 2.31. The smallest absolute Gasteiger partial charge is 0.255 e. The van der Waals surface area contributed by atoms with E-state index in [1.807, 2.05) is 24.3 Å². The summed E-state index contributed by atoms with van der Waals surface area (Å²) in [6.07, 6.45) is 4.41. The molecule has 0 spiro atoms. The third kappa shape index (κ3) is 14.0. The molecule has 6 rings (SSSR count). The number of ether oxygens (including phenoxy) is 2. The quantitative estimate of drug-likeness (QED) is 0.127. The van der Waals surface area contributed by atoms with Gasteiger partial charge in [-0.2, -0.15) is 0 Å². The van der Waals surface area contributed by atoms with E-state index in [1.54, 1.807) is 36.4 Å². The van der Waals surface area contributed by atoms with Gasteiger partial charge in [0, 0.05) is 59.3 Å². The fourth-order valence-corrected chi connectivity index (χ4v) is 7.63. The van der Waals surface area contributed by atoms with Crippen molar-refractivity contribution >= 4 is 93.6 Å². The predicted molar refractivity (Wildman–Crippen MR) is 236 cm³/mol. The lowest BCUT2D eigenvalue weighted by atomic mass is 10.0. The number of carbonyl (C=O) groups excluding carboxylic acids is 2. The Kier molecular flexibility index (Phi) is 19.2. The monoisotopic (exact) mass is 977 g/mol. The number of benzene rings is 4. The van der Waals surface area contributed by atoms with Gasteiger partial charge in [0.25, 0.3) is 11.8 Å². The molecule has 2 N–H and O–H groups in total. The van der Waals surface area contributed by atoms with E-state index in [9.17, 15) is 9.59 Å². The molecule has 4 aromatic carbocycles. The van der Waals surface area contributed by atoms with E-state index < -0.39 is 0 Å². The molecule has 2 aliphatic rings. The topological polar surface area (TPSA) is 76.7 Å². The summed E-state index contributed by atoms with van der Waals surface area (Å²) in [5, 5.41) is 7.40. The minimum absolute atomic E-state index is 0. The number of hydrogen-bond donors (Lipinski definition) is 2. The maximum absolute atomic E-state index is 12.4. The van der Waals surface area contributed by atoms with Crippen LogP contribution in [0.5, 0.6) is 0 Å². The second kappa shape index (κ2) is 22.3. The summed E-state index contributed by atoms with van der Waals surface area (Å²) in [5.41, 5.74) is 4.96. The van der Waals surface area contributed by atoms with Gasteiger partial charge in [0.15, 0.2) is 0 Å². The molecule has 0 bridgehead atoms. The number of nitrogens with zero attached hydrogens (tertiary/aromatic N) is 2. The summed E-state index contributed by atoms with van der Waals surface area (Å²) < 4.78 is 12.9. The lowest BCUT2D eigenvalue weighted by Crippen LogP contribution is -3.00. The van der Waals surface area contributed by atoms with Crippen molar-refractivity contribution in [1.82, 2.24) is 0 Å². The fourth-order valence-electron chi connectivity index (χ4n) is 7.04. The third-order valence-electron chi connectivity index (χ3n) is 10.3. The average molecular weight is 980 g/mol. The number of rotatable bonds is 10. The van der Waals surface area contributed by atoms with Crippen molar-refractivity contribution in [3.8, 4) is 0 Å². The molecule has 8 nitrogen and oxygen atoms in total. The van der Waals surface area contributed by atoms with Crippen LogP contribution in [-0.2, 0) is 22.6 Å². The van der Waals surface area contributed by atoms with E-state index in [-0.39, 0.29) is 48.2 Å². The SMILES string of the molecule is C[N+](C)(Cc1ccc(NC(=O)c2ccc(Cl)c(Cl)c2)cc1)C1CCOCC1.C[N+](C)(Cc1ccc(NC(=O)c2ccc(Cl)c(Cl)c2)cc1)C1CCOCC1.I.[Cl-]. The maximum atomic E-state index is 12.4. The number of hydrogen-bond acceptors (Lipinski definition) is 4. The molecule has 56 heavy (non-hydrogen) atoms. The molecule has 2 fully saturated rings. The number of carbonyl (C=O) groups is 2. The van der Waals surface area contributed by atoms with Crippen LogP contribution in [0, 0.1) is 0 Å². The predicted octanol–water partition coefficient (Wildman–Crippen LogP) is 7.62. The van der Waals surface area contributed by atoms with E-state index >= 15 is 0 Å². The van der Waals surface area contributed by atoms with E-state index in [0.29, 0.717) is 43.3 Å². The van der Waals surface area contributed by atoms with E-state index in [1.165, 1.54) is 11.1 Å². The largest absolute Gasteiger partial charge is 1.00 e. The van der Waals surface area contributed by atoms with Gasteiger partial charge in [-0.05, 0) is 60.7 Å². The van der Waals surface area contributed by atoms with E-state index in [0.717, 1.165) is 85.5 Å². The summed E-state index contributed by atoms with van der Waals surface area (Å²) >= 11 is 23.8. The molecule has 0 aliphatic carbocycles. The molecule has 2 aliphatic heterocycles. The van der Waals surface area contributed by atoms with Crippen molar-refractivity contribution in [2.24, 2.45) is 0 Å². The Bertz CT molecular complexity index is 1750. The Morgan fingerprint density at radius 1 is 0.554 bits per heavy atom. The van der Waals surface area contributed by atoms with Gasteiger partial charge in [0.2, 0.25) is 0 Å². The van der Waals surface area contributed by atoms with Crippen LogP contribution < -0.4 is 23.0 Å². The summed E-state index contributed by atoms with van der Waals surface area (Å²) in [6, 6.07) is 27.0. The molecule has 0 saturated carbocycles. The van der Waals surface area contributed by atoms with Gasteiger partial charge in [-0.1, -0.05) is 70.7 Å². The first-order valence-electron chi connectivity index (χ1n) is 18.2. The summed E-state index contributed by atoms with van der Waals surface area (Å²) in [4.78, 5) is 24.7. The Morgan fingerprint density at radius 2 is 0.875 bits per heavy atom. The first-order chi connectivity index (χ1) is 25.7. The second-order valence-corrected chi connectivity index (χ2v) is 16.7. The first-order valence-corrected chi connectivity index (χ1v) is 19.7. The zero-order valence-corrected chi connectivity index (χ0v) is 38.2. The number of quaternary nitrogens is 2. The van der Waals surface area contributed by atoms with Gasteiger partial charge >= 0.3 is 0 Å². The summed E-state index contributed by atoms with van der Waals surface area (Å²) in [5.74, 6) is -0.417. The van der Waals surface area contributed by atoms with E-state index in [4.69, 9.17) is 55.9 Å². The second-order valence-electron chi connectivity index (χ2n) is 15.1. The molecule has 14 heteroatoms. The Morgan fingerprint density at radius 3 is 1.18 bits per heavy atom. The highest BCUT2D eigenvalue weighted by molar-refractivity contribution is 14.0. The van der Waals surface area contributed by atoms with Crippen molar-refractivity contribution in [2.45, 2.75) is 50.9 Å². The number of nitrogens with one attached hydrogen (secondary N) is 2. The molecule has 4 aromatic rings. The van der Waals surface area contributed by atoms with Crippen molar-refractivity contribution in [1.29, 1.82) is 0 Å². The normalized spacial score (nSPS) is 15.0. The number of halogens is 6. The van der Waals surface area contributed by atoms with Gasteiger partial charge in [-0.15, -0.1) is 24.0 Å². The van der Waals surface area contributed by atoms with Crippen LogP contribution >= 0.6 is 70.4 Å². The van der Waals surface area contributed by atoms with Crippen molar-refractivity contribution in [2.75, 3.05) is 65.3 Å². The Hall–Kier alpha value is -2.16. The van der Waals surface area contributed by atoms with Gasteiger partial charge in [0.05, 0.1) is 86.8 Å². The lowest BCUT2D eigenvalue weighted by molar-refractivity contribution is -0.929. The molecule has 2 saturated heterocycles. The summed E-state index contributed by atoms with van der Waals surface area (Å²) in [7, 11) is 9.10. The number of anilines is 2. The average Bonchev–Trinajstić information content (AvgIpc) is 3.16. The fraction of sp³-hybridized carbons (Fsp3) is 0.381. The number of amides is 2. The standard InChI is InChI=1S/2C21H24Cl2N2O2.ClH.HI/c2*1-25(2,18-9-11-27-12-10-18)14-15-3-6-17(7-4-15)24-21(26)16-5-8-19(22)20(23)13-16;;/h2*3-8,13,18H,9-12,14H2,1-2H3;2*1H/p+1. The van der Waals surface area contributed by atoms with Crippen LogP contribution in [0.3, 0.4) is 0 Å². The van der Waals surface area contributed by atoms with Gasteiger partial charge in [-0.3, -0.25) is 9.59 Å². The van der Waals surface area contributed by atoms with Gasteiger partial charge in [0.1, 0.15) is 13.1 Å². The van der Waals surface area contributed by atoms with E-state index in [2.05, 4.69) is 63.1 Å².